The van der Waals surface area contributed by atoms with Crippen LogP contribution in [-0.2, 0) is 0 Å². The molecule has 0 N–H and O–H groups in total. The molecule has 23 heavy (non-hydrogen) atoms. The molecule has 0 atom stereocenters. The van der Waals surface area contributed by atoms with Crippen molar-refractivity contribution in [1.29, 1.82) is 0 Å². The molecule has 4 nitrogen and oxygen atoms in total. The minimum Gasteiger partial charge on any atom is -0.481 e. The summed E-state index contributed by atoms with van der Waals surface area (Å²) in [5.74, 6) is 1.11. The summed E-state index contributed by atoms with van der Waals surface area (Å²) in [6.45, 7) is 6.12. The van der Waals surface area contributed by atoms with Gasteiger partial charge in [0.15, 0.2) is 5.82 Å². The summed E-state index contributed by atoms with van der Waals surface area (Å²) in [5.41, 5.74) is 6.00. The molecular formula is C19H19N3O. The number of rotatable bonds is 3. The van der Waals surface area contributed by atoms with Crippen molar-refractivity contribution in [3.8, 4) is 28.7 Å². The predicted molar refractivity (Wildman–Crippen MR) is 91.5 cm³/mol. The quantitative estimate of drug-likeness (QED) is 0.729. The van der Waals surface area contributed by atoms with Crippen LogP contribution in [0, 0.1) is 20.8 Å². The van der Waals surface area contributed by atoms with Gasteiger partial charge in [0.05, 0.1) is 12.8 Å². The Morgan fingerprint density at radius 1 is 0.826 bits per heavy atom. The van der Waals surface area contributed by atoms with Gasteiger partial charge in [0.25, 0.3) is 0 Å². The standard InChI is InChI=1S/C19H19N3O/c1-12-8-9-15(13(2)10-12)17-11-18(23-4)22-19(21-17)16-7-5-6-14(3)20-16/h5-11H,1-4H3. The van der Waals surface area contributed by atoms with Crippen LogP contribution in [-0.4, -0.2) is 22.1 Å². The molecule has 0 radical (unpaired) electrons. The molecule has 4 heteroatoms. The monoisotopic (exact) mass is 305 g/mol. The fourth-order valence-electron chi connectivity index (χ4n) is 2.55. The Morgan fingerprint density at radius 2 is 1.65 bits per heavy atom. The number of hydrogen-bond acceptors (Lipinski definition) is 4. The van der Waals surface area contributed by atoms with Crippen LogP contribution in [0.5, 0.6) is 5.88 Å². The van der Waals surface area contributed by atoms with Crippen molar-refractivity contribution in [2.24, 2.45) is 0 Å². The van der Waals surface area contributed by atoms with E-state index in [4.69, 9.17) is 9.72 Å². The van der Waals surface area contributed by atoms with Gasteiger partial charge in [-0.25, -0.2) is 9.97 Å². The fourth-order valence-corrected chi connectivity index (χ4v) is 2.55. The Balaban J connectivity index is 2.16. The van der Waals surface area contributed by atoms with E-state index >= 15 is 0 Å². The van der Waals surface area contributed by atoms with E-state index in [0.717, 1.165) is 22.6 Å². The Morgan fingerprint density at radius 3 is 2.35 bits per heavy atom. The highest BCUT2D eigenvalue weighted by Crippen LogP contribution is 2.27. The van der Waals surface area contributed by atoms with Gasteiger partial charge in [0.2, 0.25) is 5.88 Å². The molecule has 0 unspecified atom stereocenters. The van der Waals surface area contributed by atoms with Gasteiger partial charge in [0.1, 0.15) is 5.69 Å². The highest BCUT2D eigenvalue weighted by atomic mass is 16.5. The van der Waals surface area contributed by atoms with Crippen LogP contribution in [0.4, 0.5) is 0 Å². The average Bonchev–Trinajstić information content (AvgIpc) is 2.54. The number of hydrogen-bond donors (Lipinski definition) is 0. The number of pyridine rings is 1. The molecule has 0 aliphatic heterocycles. The van der Waals surface area contributed by atoms with Crippen molar-refractivity contribution in [3.63, 3.8) is 0 Å². The van der Waals surface area contributed by atoms with Gasteiger partial charge < -0.3 is 4.74 Å². The number of methoxy groups -OCH3 is 1. The second-order valence-electron chi connectivity index (χ2n) is 5.60. The number of aryl methyl sites for hydroxylation is 3. The Bertz CT molecular complexity index is 859. The van der Waals surface area contributed by atoms with E-state index in [1.54, 1.807) is 7.11 Å². The van der Waals surface area contributed by atoms with Crippen LogP contribution >= 0.6 is 0 Å². The summed E-state index contributed by atoms with van der Waals surface area (Å²) in [6, 6.07) is 14.0. The molecular weight excluding hydrogens is 286 g/mol. The van der Waals surface area contributed by atoms with Gasteiger partial charge in [-0.2, -0.15) is 4.98 Å². The molecule has 2 aromatic heterocycles. The van der Waals surface area contributed by atoms with E-state index < -0.39 is 0 Å². The van der Waals surface area contributed by atoms with Crippen molar-refractivity contribution >= 4 is 0 Å². The number of nitrogens with zero attached hydrogens (tertiary/aromatic N) is 3. The van der Waals surface area contributed by atoms with E-state index in [-0.39, 0.29) is 0 Å². The second kappa shape index (κ2) is 6.16. The van der Waals surface area contributed by atoms with Crippen molar-refractivity contribution in [1.82, 2.24) is 15.0 Å². The summed E-state index contributed by atoms with van der Waals surface area (Å²) in [6.07, 6.45) is 0. The molecule has 0 amide bonds. The number of aromatic nitrogens is 3. The first kappa shape index (κ1) is 15.2. The van der Waals surface area contributed by atoms with Gasteiger partial charge in [-0.3, -0.25) is 0 Å². The van der Waals surface area contributed by atoms with Gasteiger partial charge in [-0.1, -0.05) is 29.8 Å². The second-order valence-corrected chi connectivity index (χ2v) is 5.60. The van der Waals surface area contributed by atoms with Crippen molar-refractivity contribution < 1.29 is 4.74 Å². The minimum absolute atomic E-state index is 0.535. The third-order valence-electron chi connectivity index (χ3n) is 3.69. The zero-order valence-electron chi connectivity index (χ0n) is 13.8. The average molecular weight is 305 g/mol. The van der Waals surface area contributed by atoms with Gasteiger partial charge in [-0.15, -0.1) is 0 Å². The molecule has 0 fully saturated rings. The number of ether oxygens (including phenoxy) is 1. The lowest BCUT2D eigenvalue weighted by molar-refractivity contribution is 0.397. The molecule has 0 saturated heterocycles. The summed E-state index contributed by atoms with van der Waals surface area (Å²) in [5, 5.41) is 0. The zero-order chi connectivity index (χ0) is 16.4. The third-order valence-corrected chi connectivity index (χ3v) is 3.69. The Hall–Kier alpha value is -2.75. The lowest BCUT2D eigenvalue weighted by atomic mass is 10.0. The summed E-state index contributed by atoms with van der Waals surface area (Å²) >= 11 is 0. The zero-order valence-corrected chi connectivity index (χ0v) is 13.8. The van der Waals surface area contributed by atoms with Crippen LogP contribution < -0.4 is 4.74 Å². The van der Waals surface area contributed by atoms with E-state index in [1.165, 1.54) is 11.1 Å². The predicted octanol–water partition coefficient (Wildman–Crippen LogP) is 4.14. The van der Waals surface area contributed by atoms with Crippen LogP contribution in [0.25, 0.3) is 22.8 Å². The van der Waals surface area contributed by atoms with Gasteiger partial charge >= 0.3 is 0 Å². The lowest BCUT2D eigenvalue weighted by Crippen LogP contribution is -1.99. The summed E-state index contributed by atoms with van der Waals surface area (Å²) < 4.78 is 5.35. The SMILES string of the molecule is COc1cc(-c2ccc(C)cc2C)nc(-c2cccc(C)n2)n1. The molecule has 0 spiro atoms. The maximum Gasteiger partial charge on any atom is 0.217 e. The smallest absolute Gasteiger partial charge is 0.217 e. The molecule has 0 saturated carbocycles. The third kappa shape index (κ3) is 3.21. The first-order chi connectivity index (χ1) is 11.1. The minimum atomic E-state index is 0.535. The van der Waals surface area contributed by atoms with Crippen LogP contribution in [0.3, 0.4) is 0 Å². The van der Waals surface area contributed by atoms with Crippen molar-refractivity contribution in [2.45, 2.75) is 20.8 Å². The summed E-state index contributed by atoms with van der Waals surface area (Å²) in [7, 11) is 1.61. The van der Waals surface area contributed by atoms with Crippen LogP contribution in [0.15, 0.2) is 42.5 Å². The molecule has 0 aliphatic carbocycles. The molecule has 0 bridgehead atoms. The maximum atomic E-state index is 5.35. The Labute approximate surface area is 136 Å². The van der Waals surface area contributed by atoms with Crippen molar-refractivity contribution in [3.05, 3.63) is 59.3 Å². The molecule has 3 aromatic rings. The highest BCUT2D eigenvalue weighted by Gasteiger charge is 2.11. The first-order valence-electron chi connectivity index (χ1n) is 7.51. The molecule has 0 aliphatic rings. The van der Waals surface area contributed by atoms with E-state index in [0.29, 0.717) is 11.7 Å². The molecule has 1 aromatic carbocycles. The molecule has 3 rings (SSSR count). The largest absolute Gasteiger partial charge is 0.481 e. The van der Waals surface area contributed by atoms with Gasteiger partial charge in [-0.05, 0) is 38.5 Å². The molecule has 116 valence electrons. The van der Waals surface area contributed by atoms with E-state index in [9.17, 15) is 0 Å². The topological polar surface area (TPSA) is 47.9 Å². The van der Waals surface area contributed by atoms with Crippen molar-refractivity contribution in [2.75, 3.05) is 7.11 Å². The highest BCUT2D eigenvalue weighted by molar-refractivity contribution is 5.67. The van der Waals surface area contributed by atoms with Crippen LogP contribution in [0.2, 0.25) is 0 Å². The fraction of sp³-hybridized carbons (Fsp3) is 0.211. The summed E-state index contributed by atoms with van der Waals surface area (Å²) in [4.78, 5) is 13.6. The molecule has 2 heterocycles. The number of benzene rings is 1. The lowest BCUT2D eigenvalue weighted by Gasteiger charge is -2.10. The van der Waals surface area contributed by atoms with Gasteiger partial charge in [0, 0.05) is 17.3 Å². The normalized spacial score (nSPS) is 10.6. The van der Waals surface area contributed by atoms with E-state index in [2.05, 4.69) is 42.0 Å². The van der Waals surface area contributed by atoms with E-state index in [1.807, 2.05) is 31.2 Å². The maximum absolute atomic E-state index is 5.35. The first-order valence-corrected chi connectivity index (χ1v) is 7.51. The van der Waals surface area contributed by atoms with Crippen LogP contribution in [0.1, 0.15) is 16.8 Å². The Kier molecular flexibility index (Phi) is 4.06.